The van der Waals surface area contributed by atoms with Crippen LogP contribution in [0.15, 0.2) is 24.3 Å². The Kier molecular flexibility index (Phi) is 4.49. The lowest BCUT2D eigenvalue weighted by Crippen LogP contribution is -2.17. The van der Waals surface area contributed by atoms with E-state index < -0.39 is 11.9 Å². The Morgan fingerprint density at radius 3 is 2.47 bits per heavy atom. The van der Waals surface area contributed by atoms with Gasteiger partial charge in [0.2, 0.25) is 0 Å². The van der Waals surface area contributed by atoms with E-state index in [1.807, 2.05) is 24.3 Å². The number of hydrogen-bond acceptors (Lipinski definition) is 3. The average molecular weight is 226 g/mol. The normalized spacial score (nSPS) is 12.1. The highest BCUT2D eigenvalue weighted by molar-refractivity contribution is 7.80. The number of carbonyl (C=O) groups is 1. The Morgan fingerprint density at radius 1 is 1.47 bits per heavy atom. The summed E-state index contributed by atoms with van der Waals surface area (Å²) >= 11 is 4.02. The lowest BCUT2D eigenvalue weighted by molar-refractivity contribution is -0.140. The van der Waals surface area contributed by atoms with Crippen molar-refractivity contribution in [1.82, 2.24) is 0 Å². The third kappa shape index (κ3) is 3.47. The summed E-state index contributed by atoms with van der Waals surface area (Å²) in [5.74, 6) is -0.111. The van der Waals surface area contributed by atoms with Crippen molar-refractivity contribution in [3.63, 3.8) is 0 Å². The minimum absolute atomic E-state index is 0.349. The van der Waals surface area contributed by atoms with Crippen molar-refractivity contribution in [3.05, 3.63) is 29.8 Å². The maximum Gasteiger partial charge on any atom is 0.307 e. The summed E-state index contributed by atoms with van der Waals surface area (Å²) < 4.78 is 5.02. The van der Waals surface area contributed by atoms with Crippen LogP contribution < -0.4 is 4.74 Å². The molecule has 1 aromatic rings. The zero-order chi connectivity index (χ0) is 11.3. The van der Waals surface area contributed by atoms with Gasteiger partial charge in [0.1, 0.15) is 5.75 Å². The van der Waals surface area contributed by atoms with E-state index in [1.54, 1.807) is 7.11 Å². The van der Waals surface area contributed by atoms with Gasteiger partial charge in [-0.15, -0.1) is 0 Å². The molecule has 0 amide bonds. The highest BCUT2D eigenvalue weighted by atomic mass is 32.1. The van der Waals surface area contributed by atoms with Gasteiger partial charge >= 0.3 is 5.97 Å². The van der Waals surface area contributed by atoms with E-state index in [2.05, 4.69) is 12.6 Å². The summed E-state index contributed by atoms with van der Waals surface area (Å²) in [5, 5.41) is 8.86. The van der Waals surface area contributed by atoms with E-state index >= 15 is 0 Å². The number of carboxylic acid groups (broad SMARTS) is 1. The predicted octanol–water partition coefficient (Wildman–Crippen LogP) is 1.87. The smallest absolute Gasteiger partial charge is 0.307 e. The van der Waals surface area contributed by atoms with Gasteiger partial charge in [-0.05, 0) is 24.1 Å². The average Bonchev–Trinajstić information content (AvgIpc) is 2.26. The summed E-state index contributed by atoms with van der Waals surface area (Å²) in [6, 6.07) is 7.40. The van der Waals surface area contributed by atoms with Crippen molar-refractivity contribution in [2.75, 3.05) is 12.9 Å². The zero-order valence-electron chi connectivity index (χ0n) is 8.51. The number of carboxylic acids is 1. The molecule has 0 heterocycles. The fourth-order valence-corrected chi connectivity index (χ4v) is 1.56. The maximum atomic E-state index is 10.8. The molecule has 0 aliphatic carbocycles. The molecule has 1 atom stereocenters. The first-order valence-electron chi connectivity index (χ1n) is 4.64. The van der Waals surface area contributed by atoms with Crippen LogP contribution in [0.3, 0.4) is 0 Å². The highest BCUT2D eigenvalue weighted by Gasteiger charge is 2.15. The standard InChI is InChI=1S/C11H14O3S/c1-14-10-4-2-8(3-5-10)6-9(7-15)11(12)13/h2-5,9,15H,6-7H2,1H3,(H,12,13)/t9-/m1/s1. The Labute approximate surface area is 94.5 Å². The van der Waals surface area contributed by atoms with Crippen molar-refractivity contribution in [1.29, 1.82) is 0 Å². The summed E-state index contributed by atoms with van der Waals surface area (Å²) in [4.78, 5) is 10.8. The van der Waals surface area contributed by atoms with Gasteiger partial charge in [0.15, 0.2) is 0 Å². The van der Waals surface area contributed by atoms with Crippen LogP contribution in [0.5, 0.6) is 5.75 Å². The van der Waals surface area contributed by atoms with Gasteiger partial charge < -0.3 is 9.84 Å². The highest BCUT2D eigenvalue weighted by Crippen LogP contribution is 2.15. The molecule has 0 saturated carbocycles. The molecule has 0 aliphatic rings. The third-order valence-electron chi connectivity index (χ3n) is 2.21. The van der Waals surface area contributed by atoms with Gasteiger partial charge in [-0.1, -0.05) is 12.1 Å². The molecule has 0 unspecified atom stereocenters. The number of aliphatic carboxylic acids is 1. The van der Waals surface area contributed by atoms with Crippen molar-refractivity contribution < 1.29 is 14.6 Å². The van der Waals surface area contributed by atoms with Crippen LogP contribution in [0.2, 0.25) is 0 Å². The van der Waals surface area contributed by atoms with E-state index in [0.29, 0.717) is 12.2 Å². The largest absolute Gasteiger partial charge is 0.497 e. The first-order valence-corrected chi connectivity index (χ1v) is 5.27. The summed E-state index contributed by atoms with van der Waals surface area (Å²) in [5.41, 5.74) is 0.984. The minimum Gasteiger partial charge on any atom is -0.497 e. The van der Waals surface area contributed by atoms with Crippen LogP contribution in [-0.4, -0.2) is 23.9 Å². The Bertz CT molecular complexity index is 321. The molecule has 0 aromatic heterocycles. The molecule has 1 rings (SSSR count). The number of methoxy groups -OCH3 is 1. The molecule has 0 bridgehead atoms. The van der Waals surface area contributed by atoms with Crippen LogP contribution in [-0.2, 0) is 11.2 Å². The van der Waals surface area contributed by atoms with E-state index in [-0.39, 0.29) is 0 Å². The molecule has 0 saturated heterocycles. The number of thiol groups is 1. The number of ether oxygens (including phenoxy) is 1. The van der Waals surface area contributed by atoms with Gasteiger partial charge in [-0.25, -0.2) is 0 Å². The van der Waals surface area contributed by atoms with Gasteiger partial charge in [0.25, 0.3) is 0 Å². The first-order chi connectivity index (χ1) is 7.17. The molecule has 0 spiro atoms. The molecular formula is C11H14O3S. The fraction of sp³-hybridized carbons (Fsp3) is 0.364. The lowest BCUT2D eigenvalue weighted by Gasteiger charge is -2.09. The van der Waals surface area contributed by atoms with Crippen LogP contribution in [0, 0.1) is 5.92 Å². The Balaban J connectivity index is 2.67. The van der Waals surface area contributed by atoms with E-state index in [4.69, 9.17) is 9.84 Å². The van der Waals surface area contributed by atoms with Crippen molar-refractivity contribution >= 4 is 18.6 Å². The molecule has 0 radical (unpaired) electrons. The second-order valence-electron chi connectivity index (χ2n) is 3.27. The molecule has 0 aliphatic heterocycles. The first kappa shape index (κ1) is 11.9. The topological polar surface area (TPSA) is 46.5 Å². The summed E-state index contributed by atoms with van der Waals surface area (Å²) in [7, 11) is 1.60. The molecular weight excluding hydrogens is 212 g/mol. The van der Waals surface area contributed by atoms with Gasteiger partial charge in [-0.3, -0.25) is 4.79 Å². The molecule has 1 N–H and O–H groups in total. The van der Waals surface area contributed by atoms with Gasteiger partial charge in [-0.2, -0.15) is 12.6 Å². The molecule has 4 heteroatoms. The minimum atomic E-state index is -0.805. The van der Waals surface area contributed by atoms with Gasteiger partial charge in [0, 0.05) is 5.75 Å². The quantitative estimate of drug-likeness (QED) is 0.753. The van der Waals surface area contributed by atoms with Crippen LogP contribution in [0.4, 0.5) is 0 Å². The predicted molar refractivity (Wildman–Crippen MR) is 61.7 cm³/mol. The summed E-state index contributed by atoms with van der Waals surface area (Å²) in [6.45, 7) is 0. The SMILES string of the molecule is COc1ccc(C[C@H](CS)C(=O)O)cc1. The van der Waals surface area contributed by atoms with Crippen molar-refractivity contribution in [3.8, 4) is 5.75 Å². The maximum absolute atomic E-state index is 10.8. The molecule has 82 valence electrons. The van der Waals surface area contributed by atoms with E-state index in [1.165, 1.54) is 0 Å². The second-order valence-corrected chi connectivity index (χ2v) is 3.64. The van der Waals surface area contributed by atoms with Gasteiger partial charge in [0.05, 0.1) is 13.0 Å². The lowest BCUT2D eigenvalue weighted by atomic mass is 10.0. The van der Waals surface area contributed by atoms with Crippen molar-refractivity contribution in [2.45, 2.75) is 6.42 Å². The molecule has 0 fully saturated rings. The van der Waals surface area contributed by atoms with E-state index in [0.717, 1.165) is 11.3 Å². The van der Waals surface area contributed by atoms with Crippen molar-refractivity contribution in [2.24, 2.45) is 5.92 Å². The number of benzene rings is 1. The zero-order valence-corrected chi connectivity index (χ0v) is 9.41. The van der Waals surface area contributed by atoms with Crippen LogP contribution >= 0.6 is 12.6 Å². The monoisotopic (exact) mass is 226 g/mol. The third-order valence-corrected chi connectivity index (χ3v) is 2.65. The van der Waals surface area contributed by atoms with Crippen LogP contribution in [0.1, 0.15) is 5.56 Å². The van der Waals surface area contributed by atoms with Crippen LogP contribution in [0.25, 0.3) is 0 Å². The molecule has 1 aromatic carbocycles. The van der Waals surface area contributed by atoms with E-state index in [9.17, 15) is 4.79 Å². The Hall–Kier alpha value is -1.16. The molecule has 15 heavy (non-hydrogen) atoms. The fourth-order valence-electron chi connectivity index (χ4n) is 1.28. The molecule has 3 nitrogen and oxygen atoms in total. The second kappa shape index (κ2) is 5.66. The summed E-state index contributed by atoms with van der Waals surface area (Å²) in [6.07, 6.45) is 0.503. The Morgan fingerprint density at radius 2 is 2.07 bits per heavy atom. The number of rotatable bonds is 5. The number of hydrogen-bond donors (Lipinski definition) is 2.